The molecule has 1 N–H and O–H groups in total. The molecule has 1 aliphatic rings. The van der Waals surface area contributed by atoms with Crippen LogP contribution in [0.4, 0.5) is 0 Å². The highest BCUT2D eigenvalue weighted by atomic mass is 16.5. The topological polar surface area (TPSA) is 89.2 Å². The molecule has 1 saturated heterocycles. The van der Waals surface area contributed by atoms with Gasteiger partial charge in [-0.2, -0.15) is 10.4 Å². The average molecular weight is 457 g/mol. The van der Waals surface area contributed by atoms with Gasteiger partial charge in [-0.15, -0.1) is 0 Å². The SMILES string of the molecule is CCOc1ccc(-c2nn(-c3ccccc3)cc2/C=C(/C#N)C(=O)NC[C@@H]2CCCO2)cc1C. The standard InChI is InChI=1S/C27H28N4O3/c1-3-33-25-12-11-20(14-19(25)2)26-22(18-31(30-26)23-8-5-4-6-9-23)15-21(16-28)27(32)29-17-24-10-7-13-34-24/h4-6,8-9,11-12,14-15,18,24H,3,7,10,13,17H2,1-2H3,(H,29,32)/b21-15-/t24-/m0/s1. The zero-order chi connectivity index (χ0) is 23.9. The molecule has 3 aromatic rings. The Kier molecular flexibility index (Phi) is 7.41. The van der Waals surface area contributed by atoms with E-state index in [1.54, 1.807) is 10.8 Å². The molecular formula is C27H28N4O3. The number of aromatic nitrogens is 2. The molecule has 4 rings (SSSR count). The summed E-state index contributed by atoms with van der Waals surface area (Å²) in [4.78, 5) is 12.7. The molecule has 2 aromatic carbocycles. The molecule has 0 saturated carbocycles. The van der Waals surface area contributed by atoms with E-state index in [0.717, 1.165) is 35.4 Å². The lowest BCUT2D eigenvalue weighted by molar-refractivity contribution is -0.117. The van der Waals surface area contributed by atoms with Gasteiger partial charge in [0.25, 0.3) is 5.91 Å². The van der Waals surface area contributed by atoms with Gasteiger partial charge in [0.1, 0.15) is 23.1 Å². The Bertz CT molecular complexity index is 1220. The van der Waals surface area contributed by atoms with E-state index in [9.17, 15) is 10.1 Å². The number of benzene rings is 2. The molecule has 1 atom stereocenters. The highest BCUT2D eigenvalue weighted by Crippen LogP contribution is 2.30. The number of nitrogens with one attached hydrogen (secondary N) is 1. The van der Waals surface area contributed by atoms with Crippen LogP contribution in [0, 0.1) is 18.3 Å². The number of rotatable bonds is 8. The molecule has 0 aliphatic carbocycles. The van der Waals surface area contributed by atoms with Crippen LogP contribution in [0.25, 0.3) is 23.0 Å². The molecule has 2 heterocycles. The molecule has 0 radical (unpaired) electrons. The van der Waals surface area contributed by atoms with Gasteiger partial charge in [-0.05, 0) is 68.7 Å². The van der Waals surface area contributed by atoms with E-state index in [1.165, 1.54) is 0 Å². The molecule has 0 bridgehead atoms. The summed E-state index contributed by atoms with van der Waals surface area (Å²) in [5.74, 6) is 0.399. The summed E-state index contributed by atoms with van der Waals surface area (Å²) in [6.45, 7) is 5.63. The lowest BCUT2D eigenvalue weighted by Crippen LogP contribution is -2.32. The van der Waals surface area contributed by atoms with E-state index in [1.807, 2.05) is 74.6 Å². The van der Waals surface area contributed by atoms with E-state index >= 15 is 0 Å². The summed E-state index contributed by atoms with van der Waals surface area (Å²) in [5, 5.41) is 17.3. The normalized spacial score (nSPS) is 15.7. The monoisotopic (exact) mass is 456 g/mol. The number of ether oxygens (including phenoxy) is 2. The number of para-hydroxylation sites is 1. The lowest BCUT2D eigenvalue weighted by atomic mass is 10.0. The van der Waals surface area contributed by atoms with Gasteiger partial charge in [0.05, 0.1) is 18.4 Å². The molecule has 1 aliphatic heterocycles. The number of carbonyl (C=O) groups excluding carboxylic acids is 1. The third kappa shape index (κ3) is 5.36. The van der Waals surface area contributed by atoms with Gasteiger partial charge >= 0.3 is 0 Å². The maximum absolute atomic E-state index is 12.7. The minimum absolute atomic E-state index is 0.00659. The fraction of sp³-hybridized carbons (Fsp3) is 0.296. The van der Waals surface area contributed by atoms with E-state index in [4.69, 9.17) is 14.6 Å². The van der Waals surface area contributed by atoms with Gasteiger partial charge in [0.15, 0.2) is 0 Å². The van der Waals surface area contributed by atoms with Crippen LogP contribution in [0.3, 0.4) is 0 Å². The number of hydrogen-bond donors (Lipinski definition) is 1. The van der Waals surface area contributed by atoms with Gasteiger partial charge in [-0.1, -0.05) is 18.2 Å². The summed E-state index contributed by atoms with van der Waals surface area (Å²) in [6.07, 6.45) is 5.34. The lowest BCUT2D eigenvalue weighted by Gasteiger charge is -2.10. The van der Waals surface area contributed by atoms with E-state index in [2.05, 4.69) is 5.32 Å². The van der Waals surface area contributed by atoms with Crippen molar-refractivity contribution in [2.75, 3.05) is 19.8 Å². The van der Waals surface area contributed by atoms with Gasteiger partial charge in [-0.25, -0.2) is 4.68 Å². The zero-order valence-corrected chi connectivity index (χ0v) is 19.5. The van der Waals surface area contributed by atoms with Gasteiger partial charge in [0, 0.05) is 30.5 Å². The van der Waals surface area contributed by atoms with E-state index in [-0.39, 0.29) is 11.7 Å². The highest BCUT2D eigenvalue weighted by molar-refractivity contribution is 6.02. The molecule has 1 fully saturated rings. The first-order chi connectivity index (χ1) is 16.6. The molecule has 34 heavy (non-hydrogen) atoms. The van der Waals surface area contributed by atoms with Crippen LogP contribution in [-0.2, 0) is 9.53 Å². The highest BCUT2D eigenvalue weighted by Gasteiger charge is 2.19. The van der Waals surface area contributed by atoms with Crippen LogP contribution in [0.2, 0.25) is 0 Å². The maximum atomic E-state index is 12.7. The molecule has 1 amide bonds. The minimum Gasteiger partial charge on any atom is -0.494 e. The van der Waals surface area contributed by atoms with Crippen LogP contribution in [-0.4, -0.2) is 41.6 Å². The van der Waals surface area contributed by atoms with Crippen molar-refractivity contribution in [3.8, 4) is 28.8 Å². The Balaban J connectivity index is 1.69. The molecule has 7 heteroatoms. The van der Waals surface area contributed by atoms with Crippen molar-refractivity contribution in [3.63, 3.8) is 0 Å². The average Bonchev–Trinajstić information content (AvgIpc) is 3.53. The number of amides is 1. The molecule has 0 unspecified atom stereocenters. The van der Waals surface area contributed by atoms with Crippen LogP contribution >= 0.6 is 0 Å². The van der Waals surface area contributed by atoms with E-state index < -0.39 is 5.91 Å². The van der Waals surface area contributed by atoms with Crippen molar-refractivity contribution in [1.29, 1.82) is 5.26 Å². The summed E-state index contributed by atoms with van der Waals surface area (Å²) in [5.41, 5.74) is 4.12. The summed E-state index contributed by atoms with van der Waals surface area (Å²) in [7, 11) is 0. The zero-order valence-electron chi connectivity index (χ0n) is 19.5. The quantitative estimate of drug-likeness (QED) is 0.400. The Morgan fingerprint density at radius 2 is 2.15 bits per heavy atom. The van der Waals surface area contributed by atoms with Gasteiger partial charge in [0.2, 0.25) is 0 Å². The summed E-state index contributed by atoms with van der Waals surface area (Å²) < 4.78 is 13.0. The fourth-order valence-electron chi connectivity index (χ4n) is 3.96. The van der Waals surface area contributed by atoms with Crippen LogP contribution in [0.15, 0.2) is 60.3 Å². The van der Waals surface area contributed by atoms with Crippen molar-refractivity contribution in [3.05, 3.63) is 71.4 Å². The third-order valence-electron chi connectivity index (χ3n) is 5.69. The Morgan fingerprint density at radius 3 is 2.82 bits per heavy atom. The van der Waals surface area contributed by atoms with Crippen LogP contribution in [0.5, 0.6) is 5.75 Å². The van der Waals surface area contributed by atoms with Crippen LogP contribution in [0.1, 0.15) is 30.9 Å². The minimum atomic E-state index is -0.417. The first-order valence-electron chi connectivity index (χ1n) is 11.5. The van der Waals surface area contributed by atoms with Crippen molar-refractivity contribution >= 4 is 12.0 Å². The number of nitrogens with zero attached hydrogens (tertiary/aromatic N) is 3. The first kappa shape index (κ1) is 23.3. The van der Waals surface area contributed by atoms with Gasteiger partial charge in [-0.3, -0.25) is 4.79 Å². The number of carbonyl (C=O) groups is 1. The molecule has 0 spiro atoms. The van der Waals surface area contributed by atoms with Crippen molar-refractivity contribution in [2.24, 2.45) is 0 Å². The maximum Gasteiger partial charge on any atom is 0.262 e. The fourth-order valence-corrected chi connectivity index (χ4v) is 3.96. The number of hydrogen-bond acceptors (Lipinski definition) is 5. The molecule has 7 nitrogen and oxygen atoms in total. The summed E-state index contributed by atoms with van der Waals surface area (Å²) in [6, 6.07) is 17.6. The second-order valence-corrected chi connectivity index (χ2v) is 8.14. The largest absolute Gasteiger partial charge is 0.494 e. The van der Waals surface area contributed by atoms with Crippen molar-refractivity contribution in [2.45, 2.75) is 32.8 Å². The Morgan fingerprint density at radius 1 is 1.32 bits per heavy atom. The molecule has 174 valence electrons. The summed E-state index contributed by atoms with van der Waals surface area (Å²) >= 11 is 0. The Labute approximate surface area is 199 Å². The Hall–Kier alpha value is -3.89. The number of nitriles is 1. The van der Waals surface area contributed by atoms with E-state index in [0.29, 0.717) is 31.0 Å². The predicted octanol–water partition coefficient (Wildman–Crippen LogP) is 4.45. The third-order valence-corrected chi connectivity index (χ3v) is 5.69. The number of aryl methyl sites for hydroxylation is 1. The van der Waals surface area contributed by atoms with Crippen molar-refractivity contribution < 1.29 is 14.3 Å². The smallest absolute Gasteiger partial charge is 0.262 e. The van der Waals surface area contributed by atoms with Crippen molar-refractivity contribution in [1.82, 2.24) is 15.1 Å². The predicted molar refractivity (Wildman–Crippen MR) is 130 cm³/mol. The molecular weight excluding hydrogens is 428 g/mol. The van der Waals surface area contributed by atoms with Gasteiger partial charge < -0.3 is 14.8 Å². The van der Waals surface area contributed by atoms with Crippen LogP contribution < -0.4 is 10.1 Å². The first-order valence-corrected chi connectivity index (χ1v) is 11.5. The second-order valence-electron chi connectivity index (χ2n) is 8.14. The second kappa shape index (κ2) is 10.8. The molecule has 1 aromatic heterocycles.